The fraction of sp³-hybridized carbons (Fsp3) is 0.500. The SMILES string of the molecule is Nn1c(SCC(=O)NC2CCCCCCC2)nnc1-c1ccc(F)cc1. The van der Waals surface area contributed by atoms with Gasteiger partial charge in [0.05, 0.1) is 5.75 Å². The molecule has 3 N–H and O–H groups in total. The second kappa shape index (κ2) is 9.02. The molecule has 0 radical (unpaired) electrons. The minimum Gasteiger partial charge on any atom is -0.353 e. The molecule has 1 aliphatic rings. The number of hydrogen-bond donors (Lipinski definition) is 2. The summed E-state index contributed by atoms with van der Waals surface area (Å²) < 4.78 is 14.4. The summed E-state index contributed by atoms with van der Waals surface area (Å²) in [5, 5.41) is 11.7. The van der Waals surface area contributed by atoms with Crippen LogP contribution in [-0.4, -0.2) is 32.6 Å². The lowest BCUT2D eigenvalue weighted by atomic mass is 9.97. The van der Waals surface area contributed by atoms with Crippen molar-refractivity contribution < 1.29 is 9.18 Å². The van der Waals surface area contributed by atoms with Crippen molar-refractivity contribution in [3.05, 3.63) is 30.1 Å². The lowest BCUT2D eigenvalue weighted by Gasteiger charge is -2.20. The molecule has 6 nitrogen and oxygen atoms in total. The topological polar surface area (TPSA) is 85.8 Å². The molecule has 0 aliphatic heterocycles. The van der Waals surface area contributed by atoms with Crippen molar-refractivity contribution in [1.82, 2.24) is 20.2 Å². The number of nitrogens with one attached hydrogen (secondary N) is 1. The maximum atomic E-state index is 13.0. The summed E-state index contributed by atoms with van der Waals surface area (Å²) in [6.45, 7) is 0. The van der Waals surface area contributed by atoms with E-state index < -0.39 is 0 Å². The van der Waals surface area contributed by atoms with Crippen LogP contribution in [0.5, 0.6) is 0 Å². The lowest BCUT2D eigenvalue weighted by molar-refractivity contribution is -0.119. The monoisotopic (exact) mass is 377 g/mol. The molecule has 1 aromatic heterocycles. The van der Waals surface area contributed by atoms with E-state index in [2.05, 4.69) is 15.5 Å². The molecule has 1 aliphatic carbocycles. The molecule has 140 valence electrons. The number of nitrogens with zero attached hydrogens (tertiary/aromatic N) is 3. The zero-order chi connectivity index (χ0) is 18.4. The Balaban J connectivity index is 1.54. The summed E-state index contributed by atoms with van der Waals surface area (Å²) in [5.41, 5.74) is 0.673. The van der Waals surface area contributed by atoms with Crippen molar-refractivity contribution in [1.29, 1.82) is 0 Å². The Morgan fingerprint density at radius 1 is 1.15 bits per heavy atom. The van der Waals surface area contributed by atoms with Crippen molar-refractivity contribution in [2.75, 3.05) is 11.6 Å². The third kappa shape index (κ3) is 4.97. The number of nitrogens with two attached hydrogens (primary N) is 1. The van der Waals surface area contributed by atoms with Gasteiger partial charge >= 0.3 is 0 Å². The van der Waals surface area contributed by atoms with Gasteiger partial charge in [-0.1, -0.05) is 43.9 Å². The van der Waals surface area contributed by atoms with E-state index in [1.807, 2.05) is 0 Å². The van der Waals surface area contributed by atoms with Crippen molar-refractivity contribution in [2.45, 2.75) is 56.1 Å². The van der Waals surface area contributed by atoms with Gasteiger partial charge in [0, 0.05) is 11.6 Å². The molecule has 8 heteroatoms. The van der Waals surface area contributed by atoms with Gasteiger partial charge < -0.3 is 11.2 Å². The highest BCUT2D eigenvalue weighted by Gasteiger charge is 2.17. The minimum absolute atomic E-state index is 0.00749. The van der Waals surface area contributed by atoms with Crippen LogP contribution in [0.15, 0.2) is 29.4 Å². The molecule has 0 spiro atoms. The summed E-state index contributed by atoms with van der Waals surface area (Å²) in [5.74, 6) is 6.38. The Morgan fingerprint density at radius 2 is 1.81 bits per heavy atom. The molecule has 3 rings (SSSR count). The number of carbonyl (C=O) groups is 1. The second-order valence-electron chi connectivity index (χ2n) is 6.58. The van der Waals surface area contributed by atoms with E-state index in [1.165, 1.54) is 60.7 Å². The zero-order valence-electron chi connectivity index (χ0n) is 14.7. The zero-order valence-corrected chi connectivity index (χ0v) is 15.5. The summed E-state index contributed by atoms with van der Waals surface area (Å²) in [6.07, 6.45) is 8.27. The highest BCUT2D eigenvalue weighted by Crippen LogP contribution is 2.22. The number of thioether (sulfide) groups is 1. The summed E-state index contributed by atoms with van der Waals surface area (Å²) in [7, 11) is 0. The van der Waals surface area contributed by atoms with E-state index in [0.29, 0.717) is 16.5 Å². The maximum Gasteiger partial charge on any atom is 0.230 e. The Labute approximate surface area is 156 Å². The van der Waals surface area contributed by atoms with Crippen LogP contribution in [0, 0.1) is 5.82 Å². The van der Waals surface area contributed by atoms with Crippen LogP contribution in [-0.2, 0) is 4.79 Å². The number of halogens is 1. The Bertz CT molecular complexity index is 726. The fourth-order valence-electron chi connectivity index (χ4n) is 3.17. The molecule has 2 aromatic rings. The molecule has 0 atom stereocenters. The van der Waals surface area contributed by atoms with E-state index in [4.69, 9.17) is 5.84 Å². The normalized spacial score (nSPS) is 16.0. The van der Waals surface area contributed by atoms with E-state index in [0.717, 1.165) is 12.8 Å². The van der Waals surface area contributed by atoms with E-state index >= 15 is 0 Å². The Hall–Kier alpha value is -2.09. The number of nitrogen functional groups attached to an aromatic ring is 1. The quantitative estimate of drug-likeness (QED) is 0.618. The first-order valence-corrected chi connectivity index (χ1v) is 10.0. The highest BCUT2D eigenvalue weighted by atomic mass is 32.2. The summed E-state index contributed by atoms with van der Waals surface area (Å²) in [6, 6.07) is 6.16. The molecule has 0 unspecified atom stereocenters. The largest absolute Gasteiger partial charge is 0.353 e. The van der Waals surface area contributed by atoms with E-state index in [1.54, 1.807) is 12.1 Å². The van der Waals surface area contributed by atoms with Gasteiger partial charge in [-0.25, -0.2) is 9.07 Å². The van der Waals surface area contributed by atoms with Crippen LogP contribution in [0.25, 0.3) is 11.4 Å². The summed E-state index contributed by atoms with van der Waals surface area (Å²) in [4.78, 5) is 12.2. The van der Waals surface area contributed by atoms with Crippen LogP contribution in [0.1, 0.15) is 44.9 Å². The van der Waals surface area contributed by atoms with Gasteiger partial charge in [0.1, 0.15) is 5.82 Å². The predicted molar refractivity (Wildman–Crippen MR) is 101 cm³/mol. The molecule has 26 heavy (non-hydrogen) atoms. The second-order valence-corrected chi connectivity index (χ2v) is 7.52. The standard InChI is InChI=1S/C18H24FN5OS/c19-14-10-8-13(9-11-14)17-22-23-18(24(17)20)26-12-16(25)21-15-6-4-2-1-3-5-7-15/h8-11,15H,1-7,12,20H2,(H,21,25). The number of hydrogen-bond acceptors (Lipinski definition) is 5. The van der Waals surface area contributed by atoms with E-state index in [-0.39, 0.29) is 23.5 Å². The molecule has 1 saturated carbocycles. The van der Waals surface area contributed by atoms with Crippen molar-refractivity contribution in [3.63, 3.8) is 0 Å². The van der Waals surface area contributed by atoms with Crippen LogP contribution < -0.4 is 11.2 Å². The van der Waals surface area contributed by atoms with Gasteiger partial charge in [0.25, 0.3) is 0 Å². The molecular formula is C18H24FN5OS. The Kier molecular flexibility index (Phi) is 6.49. The lowest BCUT2D eigenvalue weighted by Crippen LogP contribution is -2.36. The van der Waals surface area contributed by atoms with Gasteiger partial charge in [-0.15, -0.1) is 10.2 Å². The molecule has 0 saturated heterocycles. The fourth-order valence-corrected chi connectivity index (χ4v) is 3.84. The Morgan fingerprint density at radius 3 is 2.50 bits per heavy atom. The van der Waals surface area contributed by atoms with Gasteiger partial charge in [0.15, 0.2) is 5.82 Å². The molecule has 1 aromatic carbocycles. The predicted octanol–water partition coefficient (Wildman–Crippen LogP) is 3.12. The van der Waals surface area contributed by atoms with E-state index in [9.17, 15) is 9.18 Å². The van der Waals surface area contributed by atoms with Crippen molar-refractivity contribution >= 4 is 17.7 Å². The van der Waals surface area contributed by atoms with Crippen molar-refractivity contribution in [3.8, 4) is 11.4 Å². The minimum atomic E-state index is -0.322. The smallest absolute Gasteiger partial charge is 0.230 e. The van der Waals surface area contributed by atoms with Gasteiger partial charge in [-0.3, -0.25) is 4.79 Å². The van der Waals surface area contributed by atoms with Gasteiger partial charge in [-0.2, -0.15) is 0 Å². The van der Waals surface area contributed by atoms with Gasteiger partial charge in [-0.05, 0) is 37.1 Å². The highest BCUT2D eigenvalue weighted by molar-refractivity contribution is 7.99. The average Bonchev–Trinajstić information content (AvgIpc) is 2.97. The number of amides is 1. The summed E-state index contributed by atoms with van der Waals surface area (Å²) >= 11 is 1.25. The average molecular weight is 377 g/mol. The van der Waals surface area contributed by atoms with Crippen LogP contribution >= 0.6 is 11.8 Å². The number of rotatable bonds is 5. The number of benzene rings is 1. The number of carbonyl (C=O) groups excluding carboxylic acids is 1. The third-order valence-corrected chi connectivity index (χ3v) is 5.51. The van der Waals surface area contributed by atoms with Gasteiger partial charge in [0.2, 0.25) is 11.1 Å². The first kappa shape index (κ1) is 18.7. The first-order valence-electron chi connectivity index (χ1n) is 9.02. The molecular weight excluding hydrogens is 353 g/mol. The maximum absolute atomic E-state index is 13.0. The third-order valence-electron chi connectivity index (χ3n) is 4.57. The molecule has 1 amide bonds. The van der Waals surface area contributed by atoms with Crippen molar-refractivity contribution in [2.24, 2.45) is 0 Å². The number of aromatic nitrogens is 3. The van der Waals surface area contributed by atoms with Crippen LogP contribution in [0.2, 0.25) is 0 Å². The molecule has 0 bridgehead atoms. The molecule has 1 fully saturated rings. The van der Waals surface area contributed by atoms with Crippen LogP contribution in [0.3, 0.4) is 0 Å². The first-order chi connectivity index (χ1) is 12.6. The molecule has 1 heterocycles. The van der Waals surface area contributed by atoms with Crippen LogP contribution in [0.4, 0.5) is 4.39 Å².